The average molecular weight is 699 g/mol. The molecule has 0 aliphatic heterocycles. The second kappa shape index (κ2) is 10.9. The molecule has 3 aromatic heterocycles. The number of thiophene rings is 1. The normalized spacial score (nSPS) is 10.9. The van der Waals surface area contributed by atoms with Crippen LogP contribution in [0.2, 0.25) is 0 Å². The van der Waals surface area contributed by atoms with Crippen LogP contribution in [0.5, 0.6) is 0 Å². The van der Waals surface area contributed by atoms with Gasteiger partial charge in [0.25, 0.3) is 0 Å². The summed E-state index contributed by atoms with van der Waals surface area (Å²) in [4.78, 5) is 12.3. The molecular formula is C34H21N3PtS. The molecule has 0 saturated heterocycles. The van der Waals surface area contributed by atoms with Gasteiger partial charge in [0.2, 0.25) is 0 Å². The minimum absolute atomic E-state index is 0. The molecule has 0 spiro atoms. The SMILES string of the molecule is [Pt+2].[c-]1ccccc1-c1cccc(N(c2ccccc2)c2cccc(-c3[c-]ccc4c3sc3ccccc34)n2)n1. The molecule has 0 aliphatic carbocycles. The van der Waals surface area contributed by atoms with Gasteiger partial charge in [-0.3, -0.25) is 14.9 Å². The third kappa shape index (κ3) is 4.78. The van der Waals surface area contributed by atoms with Gasteiger partial charge in [0, 0.05) is 10.4 Å². The number of anilines is 3. The first kappa shape index (κ1) is 25.2. The summed E-state index contributed by atoms with van der Waals surface area (Å²) in [5.41, 5.74) is 4.70. The maximum absolute atomic E-state index is 5.17. The zero-order chi connectivity index (χ0) is 25.3. The van der Waals surface area contributed by atoms with Crippen molar-refractivity contribution in [2.45, 2.75) is 0 Å². The summed E-state index contributed by atoms with van der Waals surface area (Å²) in [5, 5.41) is 2.50. The number of para-hydroxylation sites is 1. The number of hydrogen-bond donors (Lipinski definition) is 0. The first-order chi connectivity index (χ1) is 18.8. The van der Waals surface area contributed by atoms with Crippen molar-refractivity contribution in [3.63, 3.8) is 0 Å². The number of fused-ring (bicyclic) bond motifs is 3. The number of benzene rings is 4. The molecule has 0 saturated carbocycles. The van der Waals surface area contributed by atoms with Crippen molar-refractivity contribution in [2.24, 2.45) is 0 Å². The van der Waals surface area contributed by atoms with Crippen LogP contribution in [0.4, 0.5) is 17.3 Å². The molecule has 5 heteroatoms. The van der Waals surface area contributed by atoms with E-state index in [2.05, 4.69) is 71.6 Å². The Morgan fingerprint density at radius 1 is 0.564 bits per heavy atom. The van der Waals surface area contributed by atoms with Gasteiger partial charge in [-0.05, 0) is 51.8 Å². The Balaban J connectivity index is 0.00000277. The molecule has 39 heavy (non-hydrogen) atoms. The summed E-state index contributed by atoms with van der Waals surface area (Å²) in [6, 6.07) is 49.8. The van der Waals surface area contributed by atoms with E-state index in [-0.39, 0.29) is 21.1 Å². The second-order valence-electron chi connectivity index (χ2n) is 8.90. The molecule has 7 rings (SSSR count). The minimum Gasteiger partial charge on any atom is -0.280 e. The van der Waals surface area contributed by atoms with Crippen LogP contribution in [0.25, 0.3) is 42.7 Å². The van der Waals surface area contributed by atoms with Crippen LogP contribution >= 0.6 is 11.3 Å². The Hall–Kier alpha value is -4.11. The van der Waals surface area contributed by atoms with Crippen LogP contribution in [-0.2, 0) is 21.1 Å². The maximum atomic E-state index is 5.17. The van der Waals surface area contributed by atoms with E-state index in [4.69, 9.17) is 9.97 Å². The predicted octanol–water partition coefficient (Wildman–Crippen LogP) is 9.25. The van der Waals surface area contributed by atoms with Crippen molar-refractivity contribution >= 4 is 48.8 Å². The van der Waals surface area contributed by atoms with Crippen molar-refractivity contribution in [3.05, 3.63) is 140 Å². The average Bonchev–Trinajstić information content (AvgIpc) is 3.38. The smallest absolute Gasteiger partial charge is 0.280 e. The Labute approximate surface area is 245 Å². The quantitative estimate of drug-likeness (QED) is 0.168. The zero-order valence-corrected chi connectivity index (χ0v) is 23.8. The van der Waals surface area contributed by atoms with E-state index in [1.54, 1.807) is 11.3 Å². The van der Waals surface area contributed by atoms with Gasteiger partial charge < -0.3 is 0 Å². The Kier molecular flexibility index (Phi) is 7.06. The molecule has 0 amide bonds. The summed E-state index contributed by atoms with van der Waals surface area (Å²) < 4.78 is 2.47. The minimum atomic E-state index is 0. The van der Waals surface area contributed by atoms with Crippen molar-refractivity contribution < 1.29 is 21.1 Å². The second-order valence-corrected chi connectivity index (χ2v) is 9.96. The Morgan fingerprint density at radius 3 is 2.08 bits per heavy atom. The topological polar surface area (TPSA) is 29.0 Å². The van der Waals surface area contributed by atoms with Gasteiger partial charge in [0.15, 0.2) is 0 Å². The van der Waals surface area contributed by atoms with Crippen LogP contribution in [-0.4, -0.2) is 9.97 Å². The number of hydrogen-bond acceptors (Lipinski definition) is 4. The zero-order valence-electron chi connectivity index (χ0n) is 20.7. The molecule has 0 aliphatic rings. The Bertz CT molecular complexity index is 1880. The fourth-order valence-electron chi connectivity index (χ4n) is 4.78. The van der Waals surface area contributed by atoms with Gasteiger partial charge >= 0.3 is 21.1 Å². The van der Waals surface area contributed by atoms with Crippen molar-refractivity contribution in [1.29, 1.82) is 0 Å². The van der Waals surface area contributed by atoms with Crippen LogP contribution in [0.15, 0.2) is 127 Å². The summed E-state index contributed by atoms with van der Waals surface area (Å²) in [7, 11) is 0. The molecule has 0 atom stereocenters. The van der Waals surface area contributed by atoms with Gasteiger partial charge in [-0.25, -0.2) is 0 Å². The van der Waals surface area contributed by atoms with E-state index < -0.39 is 0 Å². The molecule has 0 fully saturated rings. The molecule has 0 bridgehead atoms. The van der Waals surface area contributed by atoms with Gasteiger partial charge in [0.05, 0.1) is 0 Å². The maximum Gasteiger partial charge on any atom is 2.00 e. The molecule has 7 aromatic rings. The Morgan fingerprint density at radius 2 is 1.28 bits per heavy atom. The monoisotopic (exact) mass is 698 g/mol. The fourth-order valence-corrected chi connectivity index (χ4v) is 5.99. The van der Waals surface area contributed by atoms with Crippen molar-refractivity contribution in [3.8, 4) is 22.5 Å². The molecular weight excluding hydrogens is 678 g/mol. The van der Waals surface area contributed by atoms with E-state index in [1.807, 2.05) is 72.8 Å². The number of rotatable bonds is 5. The molecule has 0 radical (unpaired) electrons. The van der Waals surface area contributed by atoms with Crippen LogP contribution in [0.1, 0.15) is 0 Å². The van der Waals surface area contributed by atoms with E-state index in [9.17, 15) is 0 Å². The molecule has 4 aromatic carbocycles. The van der Waals surface area contributed by atoms with Gasteiger partial charge in [0.1, 0.15) is 11.6 Å². The number of nitrogens with zero attached hydrogens (tertiary/aromatic N) is 3. The van der Waals surface area contributed by atoms with Crippen molar-refractivity contribution in [1.82, 2.24) is 9.97 Å². The largest absolute Gasteiger partial charge is 2.00 e. The van der Waals surface area contributed by atoms with Crippen LogP contribution < -0.4 is 4.90 Å². The predicted molar refractivity (Wildman–Crippen MR) is 158 cm³/mol. The third-order valence-corrected chi connectivity index (χ3v) is 7.73. The standard InChI is InChI=1S/C34H21N3S.Pt/c1-3-12-24(13-4-1)29-19-10-22-32(35-29)37(25-14-5-2-6-15-25)33-23-11-20-30(36-33)28-18-9-17-27-26-16-7-8-21-31(26)38-34(27)28;/h1-12,14-17,19-23H;/q-2;+2. The van der Waals surface area contributed by atoms with Gasteiger partial charge in [-0.15, -0.1) is 59.7 Å². The molecule has 0 unspecified atom stereocenters. The van der Waals surface area contributed by atoms with Crippen LogP contribution in [0.3, 0.4) is 0 Å². The van der Waals surface area contributed by atoms with Gasteiger partial charge in [-0.1, -0.05) is 66.0 Å². The van der Waals surface area contributed by atoms with Crippen LogP contribution in [0, 0.1) is 12.1 Å². The van der Waals surface area contributed by atoms with E-state index in [1.165, 1.54) is 20.2 Å². The van der Waals surface area contributed by atoms with Gasteiger partial charge in [-0.2, -0.15) is 11.3 Å². The third-order valence-electron chi connectivity index (χ3n) is 6.52. The van der Waals surface area contributed by atoms with E-state index in [0.717, 1.165) is 39.8 Å². The van der Waals surface area contributed by atoms with E-state index in [0.29, 0.717) is 0 Å². The molecule has 3 heterocycles. The first-order valence-corrected chi connectivity index (χ1v) is 13.3. The summed E-state index contributed by atoms with van der Waals surface area (Å²) in [5.74, 6) is 1.58. The molecule has 188 valence electrons. The summed E-state index contributed by atoms with van der Waals surface area (Å²) in [6.45, 7) is 0. The number of aromatic nitrogens is 2. The molecule has 0 N–H and O–H groups in total. The molecule has 3 nitrogen and oxygen atoms in total. The number of pyridine rings is 2. The van der Waals surface area contributed by atoms with Crippen molar-refractivity contribution in [2.75, 3.05) is 4.90 Å². The fraction of sp³-hybridized carbons (Fsp3) is 0. The summed E-state index contributed by atoms with van der Waals surface area (Å²) >= 11 is 1.79. The van der Waals surface area contributed by atoms with E-state index >= 15 is 0 Å². The summed E-state index contributed by atoms with van der Waals surface area (Å²) in [6.07, 6.45) is 0. The first-order valence-electron chi connectivity index (χ1n) is 12.4.